The fourth-order valence-corrected chi connectivity index (χ4v) is 3.35. The Morgan fingerprint density at radius 1 is 1.15 bits per heavy atom. The average Bonchev–Trinajstić information content (AvgIpc) is 3.08. The van der Waals surface area contributed by atoms with Crippen LogP contribution in [0.2, 0.25) is 0 Å². The number of nitrogens with one attached hydrogen (secondary N) is 1. The number of hydrogen-bond donors (Lipinski definition) is 1. The number of hydrogen-bond acceptors (Lipinski definition) is 3. The molecule has 0 fully saturated rings. The number of aromatic nitrogens is 3. The van der Waals surface area contributed by atoms with Crippen molar-refractivity contribution in [1.82, 2.24) is 14.4 Å². The van der Waals surface area contributed by atoms with Crippen molar-refractivity contribution in [2.24, 2.45) is 0 Å². The molecule has 0 saturated carbocycles. The van der Waals surface area contributed by atoms with Crippen LogP contribution < -0.4 is 5.32 Å². The standard InChI is InChI=1S/C20H15IN4O/c1-13-7-8-14(18-12-25-10-4-9-22-20(25)24-18)11-17(13)23-19(26)15-5-2-3-6-16(15)21/h2-12H,1H3,(H,23,26). The minimum Gasteiger partial charge on any atom is -0.322 e. The van der Waals surface area contributed by atoms with E-state index < -0.39 is 0 Å². The predicted octanol–water partition coefficient (Wildman–Crippen LogP) is 4.56. The molecule has 0 atom stereocenters. The van der Waals surface area contributed by atoms with Crippen LogP contribution in [0.5, 0.6) is 0 Å². The van der Waals surface area contributed by atoms with E-state index in [0.717, 1.165) is 26.1 Å². The van der Waals surface area contributed by atoms with Gasteiger partial charge in [-0.1, -0.05) is 24.3 Å². The van der Waals surface area contributed by atoms with E-state index in [0.29, 0.717) is 11.3 Å². The summed E-state index contributed by atoms with van der Waals surface area (Å²) in [6, 6.07) is 15.3. The molecule has 0 unspecified atom stereocenters. The van der Waals surface area contributed by atoms with Gasteiger partial charge in [0.15, 0.2) is 0 Å². The van der Waals surface area contributed by atoms with Crippen LogP contribution >= 0.6 is 22.6 Å². The molecule has 5 nitrogen and oxygen atoms in total. The first-order valence-electron chi connectivity index (χ1n) is 8.08. The summed E-state index contributed by atoms with van der Waals surface area (Å²) in [5.74, 6) is 0.527. The van der Waals surface area contributed by atoms with Gasteiger partial charge in [0.1, 0.15) is 0 Å². The zero-order chi connectivity index (χ0) is 18.1. The number of imidazole rings is 1. The SMILES string of the molecule is Cc1ccc(-c2cn3cccnc3n2)cc1NC(=O)c1ccccc1I. The summed E-state index contributed by atoms with van der Waals surface area (Å²) in [5, 5.41) is 3.02. The lowest BCUT2D eigenvalue weighted by Crippen LogP contribution is -2.14. The molecule has 6 heteroatoms. The molecule has 2 heterocycles. The highest BCUT2D eigenvalue weighted by atomic mass is 127. The minimum absolute atomic E-state index is 0.119. The van der Waals surface area contributed by atoms with E-state index in [4.69, 9.17) is 0 Å². The van der Waals surface area contributed by atoms with Gasteiger partial charge in [0.05, 0.1) is 11.3 Å². The Morgan fingerprint density at radius 2 is 2.00 bits per heavy atom. The molecule has 2 aromatic carbocycles. The van der Waals surface area contributed by atoms with Crippen molar-refractivity contribution in [2.45, 2.75) is 6.92 Å². The number of anilines is 1. The lowest BCUT2D eigenvalue weighted by Gasteiger charge is -2.11. The number of amides is 1. The third-order valence-corrected chi connectivity index (χ3v) is 5.08. The third kappa shape index (κ3) is 3.20. The van der Waals surface area contributed by atoms with Gasteiger partial charge in [0.2, 0.25) is 5.78 Å². The second-order valence-corrected chi connectivity index (χ2v) is 7.08. The number of carbonyl (C=O) groups excluding carboxylic acids is 1. The summed E-state index contributed by atoms with van der Waals surface area (Å²) in [4.78, 5) is 21.4. The average molecular weight is 454 g/mol. The topological polar surface area (TPSA) is 59.3 Å². The molecule has 0 aliphatic heterocycles. The maximum Gasteiger partial charge on any atom is 0.256 e. The van der Waals surface area contributed by atoms with Gasteiger partial charge in [-0.3, -0.25) is 9.20 Å². The van der Waals surface area contributed by atoms with Gasteiger partial charge in [-0.2, -0.15) is 0 Å². The lowest BCUT2D eigenvalue weighted by atomic mass is 10.1. The number of aryl methyl sites for hydroxylation is 1. The summed E-state index contributed by atoms with van der Waals surface area (Å²) in [5.41, 5.74) is 4.18. The summed E-state index contributed by atoms with van der Waals surface area (Å²) in [7, 11) is 0. The molecule has 4 aromatic rings. The van der Waals surface area contributed by atoms with E-state index in [1.165, 1.54) is 0 Å². The number of nitrogens with zero attached hydrogens (tertiary/aromatic N) is 3. The molecule has 1 amide bonds. The highest BCUT2D eigenvalue weighted by molar-refractivity contribution is 14.1. The van der Waals surface area contributed by atoms with Crippen molar-refractivity contribution < 1.29 is 4.79 Å². The van der Waals surface area contributed by atoms with Crippen LogP contribution in [0.4, 0.5) is 5.69 Å². The summed E-state index contributed by atoms with van der Waals surface area (Å²) >= 11 is 2.17. The molecular formula is C20H15IN4O. The van der Waals surface area contributed by atoms with Gasteiger partial charge in [-0.05, 0) is 59.3 Å². The summed E-state index contributed by atoms with van der Waals surface area (Å²) < 4.78 is 2.79. The van der Waals surface area contributed by atoms with E-state index in [-0.39, 0.29) is 5.91 Å². The van der Waals surface area contributed by atoms with Gasteiger partial charge >= 0.3 is 0 Å². The van der Waals surface area contributed by atoms with E-state index >= 15 is 0 Å². The molecule has 0 radical (unpaired) electrons. The highest BCUT2D eigenvalue weighted by Gasteiger charge is 2.12. The second kappa shape index (κ2) is 6.87. The molecule has 128 valence electrons. The molecule has 0 spiro atoms. The first-order valence-corrected chi connectivity index (χ1v) is 9.16. The van der Waals surface area contributed by atoms with Crippen molar-refractivity contribution in [3.8, 4) is 11.3 Å². The second-order valence-electron chi connectivity index (χ2n) is 5.92. The van der Waals surface area contributed by atoms with Crippen molar-refractivity contribution in [1.29, 1.82) is 0 Å². The Labute approximate surface area is 164 Å². The zero-order valence-corrected chi connectivity index (χ0v) is 16.1. The highest BCUT2D eigenvalue weighted by Crippen LogP contribution is 2.26. The molecule has 1 N–H and O–H groups in total. The first-order chi connectivity index (χ1) is 12.6. The van der Waals surface area contributed by atoms with Crippen molar-refractivity contribution in [3.05, 3.63) is 81.8 Å². The largest absolute Gasteiger partial charge is 0.322 e. The molecule has 26 heavy (non-hydrogen) atoms. The van der Waals surface area contributed by atoms with Crippen LogP contribution in [0.25, 0.3) is 17.0 Å². The van der Waals surface area contributed by atoms with Gasteiger partial charge in [-0.15, -0.1) is 0 Å². The molecule has 0 aliphatic rings. The number of rotatable bonds is 3. The van der Waals surface area contributed by atoms with Gasteiger partial charge < -0.3 is 5.32 Å². The molecule has 0 saturated heterocycles. The smallest absolute Gasteiger partial charge is 0.256 e. The van der Waals surface area contributed by atoms with Crippen molar-refractivity contribution in [3.63, 3.8) is 0 Å². The number of benzene rings is 2. The maximum atomic E-state index is 12.6. The maximum absolute atomic E-state index is 12.6. The summed E-state index contributed by atoms with van der Waals surface area (Å²) in [6.45, 7) is 1.97. The van der Waals surface area contributed by atoms with Gasteiger partial charge in [-0.25, -0.2) is 9.97 Å². The van der Waals surface area contributed by atoms with Crippen molar-refractivity contribution in [2.75, 3.05) is 5.32 Å². The van der Waals surface area contributed by atoms with Crippen LogP contribution in [0.15, 0.2) is 67.1 Å². The Bertz CT molecular complexity index is 1090. The summed E-state index contributed by atoms with van der Waals surface area (Å²) in [6.07, 6.45) is 5.56. The number of halogens is 1. The van der Waals surface area contributed by atoms with Crippen LogP contribution in [0.1, 0.15) is 15.9 Å². The predicted molar refractivity (Wildman–Crippen MR) is 110 cm³/mol. The molecule has 2 aromatic heterocycles. The molecule has 4 rings (SSSR count). The van der Waals surface area contributed by atoms with Gasteiger partial charge in [0, 0.05) is 33.4 Å². The Balaban J connectivity index is 1.68. The first kappa shape index (κ1) is 16.7. The quantitative estimate of drug-likeness (QED) is 0.462. The Kier molecular flexibility index (Phi) is 4.42. The fourth-order valence-electron chi connectivity index (χ4n) is 2.72. The normalized spacial score (nSPS) is 10.8. The van der Waals surface area contributed by atoms with Crippen LogP contribution in [-0.2, 0) is 0 Å². The molecular weight excluding hydrogens is 439 g/mol. The van der Waals surface area contributed by atoms with Gasteiger partial charge in [0.25, 0.3) is 5.91 Å². The van der Waals surface area contributed by atoms with Crippen LogP contribution in [-0.4, -0.2) is 20.3 Å². The number of carbonyl (C=O) groups is 1. The van der Waals surface area contributed by atoms with Crippen LogP contribution in [0, 0.1) is 10.5 Å². The number of fused-ring (bicyclic) bond motifs is 1. The monoisotopic (exact) mass is 454 g/mol. The lowest BCUT2D eigenvalue weighted by molar-refractivity contribution is 0.102. The van der Waals surface area contributed by atoms with E-state index in [2.05, 4.69) is 37.9 Å². The van der Waals surface area contributed by atoms with E-state index in [1.807, 2.05) is 72.2 Å². The Morgan fingerprint density at radius 3 is 2.81 bits per heavy atom. The third-order valence-electron chi connectivity index (χ3n) is 4.14. The molecule has 0 bridgehead atoms. The van der Waals surface area contributed by atoms with E-state index in [1.54, 1.807) is 6.20 Å². The minimum atomic E-state index is -0.119. The van der Waals surface area contributed by atoms with Crippen LogP contribution in [0.3, 0.4) is 0 Å². The Hall–Kier alpha value is -2.74. The zero-order valence-electron chi connectivity index (χ0n) is 14.0. The molecule has 0 aliphatic carbocycles. The van der Waals surface area contributed by atoms with E-state index in [9.17, 15) is 4.79 Å². The van der Waals surface area contributed by atoms with Crippen molar-refractivity contribution >= 4 is 40.0 Å². The fraction of sp³-hybridized carbons (Fsp3) is 0.0500.